The molecular formula is C35H43ClN6O7. The smallest absolute Gasteiger partial charge is 0.331 e. The number of methoxy groups -OCH3 is 2. The van der Waals surface area contributed by atoms with Crippen molar-refractivity contribution in [2.75, 3.05) is 45.7 Å². The van der Waals surface area contributed by atoms with E-state index in [0.29, 0.717) is 50.2 Å². The number of piperidine rings is 1. The minimum Gasteiger partial charge on any atom is -0.497 e. The summed E-state index contributed by atoms with van der Waals surface area (Å²) in [5.41, 5.74) is 0.936. The zero-order valence-electron chi connectivity index (χ0n) is 28.5. The summed E-state index contributed by atoms with van der Waals surface area (Å²) >= 11 is 6.61. The number of hydrogen-bond acceptors (Lipinski definition) is 7. The second-order valence-corrected chi connectivity index (χ2v) is 13.1. The van der Waals surface area contributed by atoms with Crippen molar-refractivity contribution in [1.82, 2.24) is 24.3 Å². The van der Waals surface area contributed by atoms with E-state index < -0.39 is 17.3 Å². The van der Waals surface area contributed by atoms with Gasteiger partial charge in [-0.3, -0.25) is 23.5 Å². The van der Waals surface area contributed by atoms with Gasteiger partial charge in [0.2, 0.25) is 11.8 Å². The van der Waals surface area contributed by atoms with Gasteiger partial charge in [-0.2, -0.15) is 0 Å². The number of anilines is 1. The summed E-state index contributed by atoms with van der Waals surface area (Å²) in [4.78, 5) is 70.3. The maximum atomic E-state index is 13.8. The van der Waals surface area contributed by atoms with Gasteiger partial charge in [-0.25, -0.2) is 9.59 Å². The predicted molar refractivity (Wildman–Crippen MR) is 187 cm³/mol. The number of amides is 4. The number of carbonyl (C=O) groups is 3. The van der Waals surface area contributed by atoms with Gasteiger partial charge < -0.3 is 29.9 Å². The first-order valence-corrected chi connectivity index (χ1v) is 16.8. The normalized spacial score (nSPS) is 15.7. The molecule has 13 nitrogen and oxygen atoms in total. The molecule has 1 unspecified atom stereocenters. The molecule has 262 valence electrons. The summed E-state index contributed by atoms with van der Waals surface area (Å²) in [6.45, 7) is 6.20. The molecule has 2 N–H and O–H groups in total. The van der Waals surface area contributed by atoms with Crippen LogP contribution >= 0.6 is 11.6 Å². The zero-order valence-corrected chi connectivity index (χ0v) is 29.2. The molecule has 5 rings (SSSR count). The lowest BCUT2D eigenvalue weighted by atomic mass is 10.0. The van der Waals surface area contributed by atoms with E-state index in [1.54, 1.807) is 51.0 Å². The van der Waals surface area contributed by atoms with Crippen LogP contribution in [-0.2, 0) is 22.6 Å². The molecule has 1 aromatic heterocycles. The van der Waals surface area contributed by atoms with Crippen LogP contribution in [0, 0.1) is 5.92 Å². The molecule has 49 heavy (non-hydrogen) atoms. The van der Waals surface area contributed by atoms with Crippen molar-refractivity contribution in [3.8, 4) is 22.6 Å². The summed E-state index contributed by atoms with van der Waals surface area (Å²) < 4.78 is 13.0. The van der Waals surface area contributed by atoms with Crippen molar-refractivity contribution in [2.45, 2.75) is 58.7 Å². The van der Waals surface area contributed by atoms with Gasteiger partial charge in [-0.15, -0.1) is 0 Å². The summed E-state index contributed by atoms with van der Waals surface area (Å²) in [7, 11) is 3.07. The first kappa shape index (κ1) is 35.5. The summed E-state index contributed by atoms with van der Waals surface area (Å²) in [6.07, 6.45) is 3.18. The minimum absolute atomic E-state index is 0.0334. The predicted octanol–water partition coefficient (Wildman–Crippen LogP) is 3.76. The molecule has 0 spiro atoms. The van der Waals surface area contributed by atoms with E-state index in [4.69, 9.17) is 21.1 Å². The van der Waals surface area contributed by atoms with Crippen LogP contribution < -0.4 is 31.4 Å². The maximum Gasteiger partial charge on any atom is 0.331 e. The van der Waals surface area contributed by atoms with Crippen molar-refractivity contribution in [1.29, 1.82) is 0 Å². The molecule has 0 radical (unpaired) electrons. The third kappa shape index (κ3) is 7.61. The van der Waals surface area contributed by atoms with Gasteiger partial charge in [-0.05, 0) is 56.0 Å². The molecule has 1 saturated heterocycles. The Morgan fingerprint density at radius 2 is 1.73 bits per heavy atom. The Hall–Kier alpha value is -4.78. The van der Waals surface area contributed by atoms with E-state index in [-0.39, 0.29) is 53.5 Å². The van der Waals surface area contributed by atoms with E-state index in [9.17, 15) is 24.0 Å². The SMILES string of the molecule is COc1ccc2c(c1)CCN(C1CCN(C(=O)Cn3cc(-c4cccc(OC)c4Cl)c(=O)n(C(C)CNC(=O)C(C)C)c3=O)CC1)C(=O)N2. The van der Waals surface area contributed by atoms with Crippen molar-refractivity contribution < 1.29 is 23.9 Å². The molecular weight excluding hydrogens is 652 g/mol. The molecule has 2 aliphatic heterocycles. The summed E-state index contributed by atoms with van der Waals surface area (Å²) in [6, 6.07) is 9.61. The number of nitrogens with one attached hydrogen (secondary N) is 2. The fraction of sp³-hybridized carbons (Fsp3) is 0.457. The molecule has 2 aliphatic rings. The lowest BCUT2D eigenvalue weighted by molar-refractivity contribution is -0.133. The average molecular weight is 695 g/mol. The number of ether oxygens (including phenoxy) is 2. The number of aromatic nitrogens is 2. The standard InChI is InChI=1S/C35H43ClN6O7/c1-21(2)32(44)37-18-22(3)42-33(45)27(26-7-6-8-29(49-5)31(26)36)19-40(35(42)47)20-30(43)39-14-12-24(13-15-39)41-16-11-23-17-25(48-4)9-10-28(23)38-34(41)46/h6-10,17,19,21-22,24H,11-16,18,20H2,1-5H3,(H,37,44)(H,38,46). The maximum absolute atomic E-state index is 13.8. The Balaban J connectivity index is 1.35. The number of nitrogens with zero attached hydrogens (tertiary/aromatic N) is 4. The van der Waals surface area contributed by atoms with E-state index in [0.717, 1.165) is 21.6 Å². The van der Waals surface area contributed by atoms with Crippen LogP contribution in [0.3, 0.4) is 0 Å². The molecule has 14 heteroatoms. The summed E-state index contributed by atoms with van der Waals surface area (Å²) in [5.74, 6) is 0.287. The third-order valence-corrected chi connectivity index (χ3v) is 9.59. The average Bonchev–Trinajstić information content (AvgIpc) is 3.26. The number of hydrogen-bond donors (Lipinski definition) is 2. The Kier molecular flexibility index (Phi) is 11.0. The van der Waals surface area contributed by atoms with Crippen LogP contribution in [0.5, 0.6) is 11.5 Å². The molecule has 1 atom stereocenters. The Morgan fingerprint density at radius 3 is 2.41 bits per heavy atom. The highest BCUT2D eigenvalue weighted by atomic mass is 35.5. The number of benzene rings is 2. The minimum atomic E-state index is -0.726. The quantitative estimate of drug-likeness (QED) is 0.329. The topological polar surface area (TPSA) is 144 Å². The molecule has 3 heterocycles. The monoisotopic (exact) mass is 694 g/mol. The molecule has 3 aromatic rings. The van der Waals surface area contributed by atoms with Crippen LogP contribution in [0.25, 0.3) is 11.1 Å². The number of likely N-dealkylation sites (tertiary alicyclic amines) is 1. The van der Waals surface area contributed by atoms with Gasteiger partial charge in [0.15, 0.2) is 0 Å². The number of rotatable bonds is 10. The molecule has 0 saturated carbocycles. The highest BCUT2D eigenvalue weighted by Crippen LogP contribution is 2.34. The molecule has 0 aliphatic carbocycles. The highest BCUT2D eigenvalue weighted by molar-refractivity contribution is 6.34. The highest BCUT2D eigenvalue weighted by Gasteiger charge is 2.32. The fourth-order valence-electron chi connectivity index (χ4n) is 6.30. The summed E-state index contributed by atoms with van der Waals surface area (Å²) in [5, 5.41) is 5.97. The van der Waals surface area contributed by atoms with E-state index >= 15 is 0 Å². The Morgan fingerprint density at radius 1 is 1.00 bits per heavy atom. The first-order valence-electron chi connectivity index (χ1n) is 16.4. The third-order valence-electron chi connectivity index (χ3n) is 9.20. The van der Waals surface area contributed by atoms with E-state index in [1.807, 2.05) is 23.1 Å². The lowest BCUT2D eigenvalue weighted by Gasteiger charge is -2.38. The van der Waals surface area contributed by atoms with Crippen LogP contribution in [0.2, 0.25) is 5.02 Å². The number of carbonyl (C=O) groups excluding carboxylic acids is 3. The van der Waals surface area contributed by atoms with Gasteiger partial charge in [0, 0.05) is 55.6 Å². The zero-order chi connectivity index (χ0) is 35.4. The number of fused-ring (bicyclic) bond motifs is 1. The lowest BCUT2D eigenvalue weighted by Crippen LogP contribution is -2.51. The Bertz CT molecular complexity index is 1850. The van der Waals surface area contributed by atoms with Gasteiger partial charge in [0.1, 0.15) is 18.0 Å². The van der Waals surface area contributed by atoms with Crippen molar-refractivity contribution in [2.24, 2.45) is 5.92 Å². The molecule has 0 bridgehead atoms. The van der Waals surface area contributed by atoms with Crippen LogP contribution in [0.4, 0.5) is 10.5 Å². The van der Waals surface area contributed by atoms with Gasteiger partial charge >= 0.3 is 11.7 Å². The van der Waals surface area contributed by atoms with Crippen LogP contribution in [-0.4, -0.2) is 83.2 Å². The molecule has 4 amide bonds. The van der Waals surface area contributed by atoms with Crippen LogP contribution in [0.15, 0.2) is 52.2 Å². The van der Waals surface area contributed by atoms with Gasteiger partial charge in [0.25, 0.3) is 5.56 Å². The fourth-order valence-corrected chi connectivity index (χ4v) is 6.61. The first-order chi connectivity index (χ1) is 23.4. The largest absolute Gasteiger partial charge is 0.497 e. The molecule has 2 aromatic carbocycles. The van der Waals surface area contributed by atoms with Crippen molar-refractivity contribution >= 4 is 35.1 Å². The Labute approximate surface area is 289 Å². The van der Waals surface area contributed by atoms with E-state index in [1.165, 1.54) is 17.9 Å². The second-order valence-electron chi connectivity index (χ2n) is 12.7. The number of urea groups is 1. The van der Waals surface area contributed by atoms with Crippen LogP contribution in [0.1, 0.15) is 45.2 Å². The second kappa shape index (κ2) is 15.2. The number of halogens is 1. The van der Waals surface area contributed by atoms with Crippen molar-refractivity contribution in [3.05, 3.63) is 74.0 Å². The van der Waals surface area contributed by atoms with Gasteiger partial charge in [-0.1, -0.05) is 37.6 Å². The van der Waals surface area contributed by atoms with Crippen molar-refractivity contribution in [3.63, 3.8) is 0 Å². The van der Waals surface area contributed by atoms with E-state index in [2.05, 4.69) is 10.6 Å². The molecule has 1 fully saturated rings. The van der Waals surface area contributed by atoms with Gasteiger partial charge in [0.05, 0.1) is 30.8 Å².